The van der Waals surface area contributed by atoms with Crippen molar-refractivity contribution in [2.75, 3.05) is 0 Å². The van der Waals surface area contributed by atoms with Gasteiger partial charge in [0.25, 0.3) is 0 Å². The molecule has 0 aliphatic carbocycles. The fourth-order valence-electron chi connectivity index (χ4n) is 2.21. The SMILES string of the molecule is Cc1c(C(=O)[O-])c(CC(C)C)nn1-c1ccccc1Cl. The molecule has 106 valence electrons. The van der Waals surface area contributed by atoms with E-state index in [1.165, 1.54) is 0 Å². The Morgan fingerprint density at radius 3 is 2.60 bits per heavy atom. The normalized spacial score (nSPS) is 11.1. The molecule has 0 aliphatic heterocycles. The van der Waals surface area contributed by atoms with Crippen molar-refractivity contribution in [3.63, 3.8) is 0 Å². The number of hydrogen-bond donors (Lipinski definition) is 0. The van der Waals surface area contributed by atoms with Gasteiger partial charge in [0.1, 0.15) is 0 Å². The maximum absolute atomic E-state index is 11.4. The molecule has 1 heterocycles. The zero-order chi connectivity index (χ0) is 14.9. The molecule has 0 bridgehead atoms. The van der Waals surface area contributed by atoms with E-state index in [0.29, 0.717) is 34.4 Å². The summed E-state index contributed by atoms with van der Waals surface area (Å²) in [6.07, 6.45) is 0.585. The molecule has 0 unspecified atom stereocenters. The fraction of sp³-hybridized carbons (Fsp3) is 0.333. The Labute approximate surface area is 123 Å². The van der Waals surface area contributed by atoms with Gasteiger partial charge in [-0.3, -0.25) is 0 Å². The predicted octanol–water partition coefficient (Wildman–Crippen LogP) is 2.40. The van der Waals surface area contributed by atoms with E-state index in [4.69, 9.17) is 11.6 Å². The molecule has 0 saturated carbocycles. The van der Waals surface area contributed by atoms with Gasteiger partial charge in [0.05, 0.1) is 28.1 Å². The highest BCUT2D eigenvalue weighted by Gasteiger charge is 2.18. The molecule has 20 heavy (non-hydrogen) atoms. The summed E-state index contributed by atoms with van der Waals surface area (Å²) < 4.78 is 1.57. The second kappa shape index (κ2) is 5.67. The van der Waals surface area contributed by atoms with Gasteiger partial charge < -0.3 is 9.90 Å². The molecule has 0 radical (unpaired) electrons. The third kappa shape index (κ3) is 2.70. The molecule has 0 aliphatic rings. The monoisotopic (exact) mass is 291 g/mol. The van der Waals surface area contributed by atoms with Gasteiger partial charge in [0, 0.05) is 5.56 Å². The van der Waals surface area contributed by atoms with Gasteiger partial charge in [0.15, 0.2) is 0 Å². The summed E-state index contributed by atoms with van der Waals surface area (Å²) in [5, 5.41) is 16.3. The van der Waals surface area contributed by atoms with Crippen LogP contribution in [0, 0.1) is 12.8 Å². The summed E-state index contributed by atoms with van der Waals surface area (Å²) in [5.74, 6) is -0.890. The number of para-hydroxylation sites is 1. The number of hydrogen-bond acceptors (Lipinski definition) is 3. The molecular formula is C15H16ClN2O2-. The first kappa shape index (κ1) is 14.6. The number of carboxylic acid groups (broad SMARTS) is 1. The maximum atomic E-state index is 11.4. The van der Waals surface area contributed by atoms with Crippen LogP contribution in [0.1, 0.15) is 35.6 Å². The van der Waals surface area contributed by atoms with E-state index >= 15 is 0 Å². The van der Waals surface area contributed by atoms with E-state index in [0.717, 1.165) is 0 Å². The van der Waals surface area contributed by atoms with Crippen LogP contribution in [-0.4, -0.2) is 15.7 Å². The van der Waals surface area contributed by atoms with Crippen molar-refractivity contribution in [3.05, 3.63) is 46.2 Å². The highest BCUT2D eigenvalue weighted by molar-refractivity contribution is 6.32. The molecule has 0 amide bonds. The van der Waals surface area contributed by atoms with Crippen LogP contribution < -0.4 is 5.11 Å². The number of carbonyl (C=O) groups is 1. The number of carbonyl (C=O) groups excluding carboxylic acids is 1. The zero-order valence-corrected chi connectivity index (χ0v) is 12.4. The topological polar surface area (TPSA) is 57.9 Å². The lowest BCUT2D eigenvalue weighted by Crippen LogP contribution is -2.24. The van der Waals surface area contributed by atoms with Crippen LogP contribution >= 0.6 is 11.6 Å². The van der Waals surface area contributed by atoms with E-state index < -0.39 is 5.97 Å². The summed E-state index contributed by atoms with van der Waals surface area (Å²) in [7, 11) is 0. The van der Waals surface area contributed by atoms with E-state index in [9.17, 15) is 9.90 Å². The van der Waals surface area contributed by atoms with Crippen molar-refractivity contribution in [2.24, 2.45) is 5.92 Å². The van der Waals surface area contributed by atoms with Crippen molar-refractivity contribution < 1.29 is 9.90 Å². The molecule has 0 atom stereocenters. The number of aromatic nitrogens is 2. The van der Waals surface area contributed by atoms with E-state index in [1.807, 2.05) is 26.0 Å². The minimum atomic E-state index is -1.20. The number of aromatic carboxylic acids is 1. The van der Waals surface area contributed by atoms with E-state index in [1.54, 1.807) is 23.7 Å². The minimum Gasteiger partial charge on any atom is -0.545 e. The largest absolute Gasteiger partial charge is 0.545 e. The van der Waals surface area contributed by atoms with Crippen LogP contribution in [0.3, 0.4) is 0 Å². The summed E-state index contributed by atoms with van der Waals surface area (Å²) >= 11 is 6.15. The Hall–Kier alpha value is -1.81. The maximum Gasteiger partial charge on any atom is 0.0835 e. The Morgan fingerprint density at radius 1 is 1.40 bits per heavy atom. The molecule has 5 heteroatoms. The second-order valence-electron chi connectivity index (χ2n) is 5.16. The van der Waals surface area contributed by atoms with Crippen LogP contribution in [0.4, 0.5) is 0 Å². The first-order valence-corrected chi connectivity index (χ1v) is 6.84. The Kier molecular flexibility index (Phi) is 4.14. The first-order valence-electron chi connectivity index (χ1n) is 6.46. The van der Waals surface area contributed by atoms with E-state index in [-0.39, 0.29) is 5.56 Å². The average molecular weight is 292 g/mol. The van der Waals surface area contributed by atoms with Crippen molar-refractivity contribution in [1.82, 2.24) is 9.78 Å². The van der Waals surface area contributed by atoms with Gasteiger partial charge in [-0.2, -0.15) is 5.10 Å². The van der Waals surface area contributed by atoms with Gasteiger partial charge in [-0.25, -0.2) is 4.68 Å². The van der Waals surface area contributed by atoms with Gasteiger partial charge >= 0.3 is 0 Å². The summed E-state index contributed by atoms with van der Waals surface area (Å²) in [6.45, 7) is 5.75. The highest BCUT2D eigenvalue weighted by Crippen LogP contribution is 2.24. The predicted molar refractivity (Wildman–Crippen MR) is 76.2 cm³/mol. The van der Waals surface area contributed by atoms with Crippen molar-refractivity contribution in [3.8, 4) is 5.69 Å². The second-order valence-corrected chi connectivity index (χ2v) is 5.56. The minimum absolute atomic E-state index is 0.165. The van der Waals surface area contributed by atoms with Crippen LogP contribution in [0.15, 0.2) is 24.3 Å². The number of nitrogens with zero attached hydrogens (tertiary/aromatic N) is 2. The van der Waals surface area contributed by atoms with Crippen LogP contribution in [0.2, 0.25) is 5.02 Å². The number of benzene rings is 1. The molecule has 4 nitrogen and oxygen atoms in total. The third-order valence-electron chi connectivity index (χ3n) is 3.08. The molecule has 0 N–H and O–H groups in total. The van der Waals surface area contributed by atoms with Crippen LogP contribution in [0.5, 0.6) is 0 Å². The van der Waals surface area contributed by atoms with E-state index in [2.05, 4.69) is 5.10 Å². The van der Waals surface area contributed by atoms with Gasteiger partial charge in [-0.15, -0.1) is 0 Å². The lowest BCUT2D eigenvalue weighted by atomic mass is 10.0. The molecule has 1 aromatic heterocycles. The van der Waals surface area contributed by atoms with Crippen LogP contribution in [-0.2, 0) is 6.42 Å². The summed E-state index contributed by atoms with van der Waals surface area (Å²) in [5.41, 5.74) is 1.91. The molecule has 0 spiro atoms. The Bertz CT molecular complexity index is 647. The third-order valence-corrected chi connectivity index (χ3v) is 3.39. The lowest BCUT2D eigenvalue weighted by Gasteiger charge is -2.07. The first-order chi connectivity index (χ1) is 9.41. The van der Waals surface area contributed by atoms with Crippen molar-refractivity contribution in [1.29, 1.82) is 0 Å². The Morgan fingerprint density at radius 2 is 2.05 bits per heavy atom. The molecule has 2 rings (SSSR count). The molecule has 0 saturated heterocycles. The van der Waals surface area contributed by atoms with Crippen molar-refractivity contribution in [2.45, 2.75) is 27.2 Å². The van der Waals surface area contributed by atoms with Gasteiger partial charge in [-0.05, 0) is 31.4 Å². The molecular weight excluding hydrogens is 276 g/mol. The van der Waals surface area contributed by atoms with Gasteiger partial charge in [0.2, 0.25) is 0 Å². The fourth-order valence-corrected chi connectivity index (χ4v) is 2.43. The number of carboxylic acids is 1. The van der Waals surface area contributed by atoms with Crippen molar-refractivity contribution >= 4 is 17.6 Å². The Balaban J connectivity index is 2.61. The summed E-state index contributed by atoms with van der Waals surface area (Å²) in [4.78, 5) is 11.4. The lowest BCUT2D eigenvalue weighted by molar-refractivity contribution is -0.255. The zero-order valence-electron chi connectivity index (χ0n) is 11.7. The van der Waals surface area contributed by atoms with Crippen LogP contribution in [0.25, 0.3) is 5.69 Å². The molecule has 0 fully saturated rings. The molecule has 1 aromatic carbocycles. The smallest absolute Gasteiger partial charge is 0.0835 e. The van der Waals surface area contributed by atoms with Gasteiger partial charge in [-0.1, -0.05) is 37.6 Å². The summed E-state index contributed by atoms with van der Waals surface area (Å²) in [6, 6.07) is 7.21. The number of rotatable bonds is 4. The molecule has 2 aromatic rings. The standard InChI is InChI=1S/C15H17ClN2O2/c1-9(2)8-12-14(15(19)20)10(3)18(17-12)13-7-5-4-6-11(13)16/h4-7,9H,8H2,1-3H3,(H,19,20)/p-1. The number of halogens is 1. The quantitative estimate of drug-likeness (QED) is 0.869. The average Bonchev–Trinajstić information content (AvgIpc) is 2.66. The highest BCUT2D eigenvalue weighted by atomic mass is 35.5.